The average Bonchev–Trinajstić information content (AvgIpc) is 3.60. The highest BCUT2D eigenvalue weighted by atomic mass is 16.5. The minimum Gasteiger partial charge on any atom is -0.495 e. The highest BCUT2D eigenvalue weighted by molar-refractivity contribution is 5.89. The summed E-state index contributed by atoms with van der Waals surface area (Å²) in [6.07, 6.45) is 4.78. The smallest absolute Gasteiger partial charge is 0.310 e. The van der Waals surface area contributed by atoms with Crippen LogP contribution in [0.4, 0.5) is 0 Å². The Morgan fingerprint density at radius 2 is 1.92 bits per heavy atom. The van der Waals surface area contributed by atoms with E-state index in [2.05, 4.69) is 29.0 Å². The molecule has 1 aliphatic rings. The van der Waals surface area contributed by atoms with E-state index < -0.39 is 0 Å². The average molecular weight is 510 g/mol. The van der Waals surface area contributed by atoms with E-state index in [1.165, 1.54) is 12.8 Å². The van der Waals surface area contributed by atoms with Gasteiger partial charge in [0.15, 0.2) is 0 Å². The molecule has 5 rings (SSSR count). The Hall–Kier alpha value is -4.31. The van der Waals surface area contributed by atoms with Crippen molar-refractivity contribution in [1.29, 1.82) is 5.26 Å². The van der Waals surface area contributed by atoms with Crippen LogP contribution in [0.1, 0.15) is 55.5 Å². The first-order valence-corrected chi connectivity index (χ1v) is 13.1. The van der Waals surface area contributed by atoms with E-state index in [9.17, 15) is 10.1 Å². The van der Waals surface area contributed by atoms with Crippen LogP contribution in [0, 0.1) is 11.3 Å². The highest BCUT2D eigenvalue weighted by Gasteiger charge is 2.23. The maximum Gasteiger partial charge on any atom is 0.310 e. The third-order valence-corrected chi connectivity index (χ3v) is 7.08. The zero-order chi connectivity index (χ0) is 26.5. The molecule has 3 aromatic carbocycles. The molecule has 38 heavy (non-hydrogen) atoms. The van der Waals surface area contributed by atoms with Crippen LogP contribution in [0.25, 0.3) is 22.0 Å². The number of aromatic nitrogens is 2. The second kappa shape index (κ2) is 11.4. The van der Waals surface area contributed by atoms with Crippen molar-refractivity contribution < 1.29 is 19.0 Å². The fourth-order valence-corrected chi connectivity index (χ4v) is 5.28. The Morgan fingerprint density at radius 3 is 2.68 bits per heavy atom. The molecular formula is C31H31N3O4. The molecule has 0 atom stereocenters. The number of nitriles is 1. The monoisotopic (exact) mass is 509 g/mol. The summed E-state index contributed by atoms with van der Waals surface area (Å²) in [6, 6.07) is 22.0. The summed E-state index contributed by atoms with van der Waals surface area (Å²) in [5.41, 5.74) is 4.97. The van der Waals surface area contributed by atoms with Crippen molar-refractivity contribution in [1.82, 2.24) is 9.78 Å². The van der Waals surface area contributed by atoms with Crippen LogP contribution in [-0.4, -0.2) is 29.5 Å². The van der Waals surface area contributed by atoms with Crippen molar-refractivity contribution >= 4 is 16.9 Å². The maximum absolute atomic E-state index is 12.1. The summed E-state index contributed by atoms with van der Waals surface area (Å²) in [7, 11) is 1.59. The quantitative estimate of drug-likeness (QED) is 0.243. The summed E-state index contributed by atoms with van der Waals surface area (Å²) in [6.45, 7) is 2.40. The number of rotatable bonds is 9. The van der Waals surface area contributed by atoms with E-state index in [-0.39, 0.29) is 19.0 Å². The largest absolute Gasteiger partial charge is 0.495 e. The number of benzene rings is 3. The summed E-state index contributed by atoms with van der Waals surface area (Å²) in [5, 5.41) is 15.6. The van der Waals surface area contributed by atoms with Gasteiger partial charge in [-0.15, -0.1) is 0 Å². The number of fused-ring (bicyclic) bond motifs is 1. The Bertz CT molecular complexity index is 1500. The van der Waals surface area contributed by atoms with Crippen LogP contribution >= 0.6 is 0 Å². The summed E-state index contributed by atoms with van der Waals surface area (Å²) >= 11 is 0. The molecule has 0 amide bonds. The Labute approximate surface area is 222 Å². The van der Waals surface area contributed by atoms with Crippen LogP contribution in [0.15, 0.2) is 60.7 Å². The molecule has 0 unspecified atom stereocenters. The van der Waals surface area contributed by atoms with E-state index >= 15 is 0 Å². The molecule has 0 bridgehead atoms. The predicted octanol–water partition coefficient (Wildman–Crippen LogP) is 6.38. The molecular weight excluding hydrogens is 478 g/mol. The number of esters is 1. The van der Waals surface area contributed by atoms with Crippen LogP contribution in [0.3, 0.4) is 0 Å². The highest BCUT2D eigenvalue weighted by Crippen LogP contribution is 2.38. The number of methoxy groups -OCH3 is 1. The molecule has 1 aromatic heterocycles. The molecule has 7 heteroatoms. The van der Waals surface area contributed by atoms with Gasteiger partial charge in [0.25, 0.3) is 0 Å². The topological polar surface area (TPSA) is 86.4 Å². The van der Waals surface area contributed by atoms with Crippen molar-refractivity contribution in [3.8, 4) is 28.7 Å². The molecule has 7 nitrogen and oxygen atoms in total. The summed E-state index contributed by atoms with van der Waals surface area (Å²) in [5.74, 6) is 0.921. The third kappa shape index (κ3) is 5.08. The number of para-hydroxylation sites is 2. The van der Waals surface area contributed by atoms with Gasteiger partial charge in [-0.25, -0.2) is 0 Å². The van der Waals surface area contributed by atoms with Crippen molar-refractivity contribution in [3.63, 3.8) is 0 Å². The zero-order valence-corrected chi connectivity index (χ0v) is 21.8. The van der Waals surface area contributed by atoms with Crippen LogP contribution in [0.2, 0.25) is 0 Å². The lowest BCUT2D eigenvalue weighted by Gasteiger charge is -2.12. The van der Waals surface area contributed by atoms with Gasteiger partial charge >= 0.3 is 5.97 Å². The minimum absolute atomic E-state index is 0.153. The molecule has 1 aliphatic carbocycles. The van der Waals surface area contributed by atoms with E-state index in [0.29, 0.717) is 29.7 Å². The Morgan fingerprint density at radius 1 is 1.11 bits per heavy atom. The van der Waals surface area contributed by atoms with E-state index in [0.717, 1.165) is 46.1 Å². The lowest BCUT2D eigenvalue weighted by molar-refractivity contribution is -0.142. The van der Waals surface area contributed by atoms with Gasteiger partial charge in [0, 0.05) is 16.5 Å². The second-order valence-electron chi connectivity index (χ2n) is 9.44. The van der Waals surface area contributed by atoms with Crippen molar-refractivity contribution in [3.05, 3.63) is 77.5 Å². The van der Waals surface area contributed by atoms with Gasteiger partial charge in [0.2, 0.25) is 0 Å². The van der Waals surface area contributed by atoms with Gasteiger partial charge in [0.1, 0.15) is 29.9 Å². The molecule has 4 aromatic rings. The molecule has 1 heterocycles. The first-order chi connectivity index (χ1) is 18.6. The fourth-order valence-electron chi connectivity index (χ4n) is 5.28. The SMILES string of the molecule is CCOC(=O)Cc1ccccc1OCc1nn(C2CCCC2)c2ccc(-c3cccc(C#N)c3OC)cc12. The van der Waals surface area contributed by atoms with Crippen molar-refractivity contribution in [2.24, 2.45) is 0 Å². The number of hydrogen-bond donors (Lipinski definition) is 0. The number of ether oxygens (including phenoxy) is 3. The number of carbonyl (C=O) groups excluding carboxylic acids is 1. The van der Waals surface area contributed by atoms with Gasteiger partial charge in [0.05, 0.1) is 37.3 Å². The third-order valence-electron chi connectivity index (χ3n) is 7.08. The van der Waals surface area contributed by atoms with Gasteiger partial charge in [-0.05, 0) is 49.6 Å². The predicted molar refractivity (Wildman–Crippen MR) is 145 cm³/mol. The number of hydrogen-bond acceptors (Lipinski definition) is 6. The van der Waals surface area contributed by atoms with Gasteiger partial charge in [-0.3, -0.25) is 9.48 Å². The first kappa shape index (κ1) is 25.3. The molecule has 0 aliphatic heterocycles. The number of carbonyl (C=O) groups is 1. The Kier molecular flexibility index (Phi) is 7.60. The van der Waals surface area contributed by atoms with Crippen LogP contribution in [-0.2, 0) is 22.6 Å². The zero-order valence-electron chi connectivity index (χ0n) is 21.8. The molecule has 0 saturated heterocycles. The van der Waals surface area contributed by atoms with E-state index in [1.807, 2.05) is 36.4 Å². The summed E-state index contributed by atoms with van der Waals surface area (Å²) in [4.78, 5) is 12.1. The lowest BCUT2D eigenvalue weighted by Crippen LogP contribution is -2.09. The fraction of sp³-hybridized carbons (Fsp3) is 0.323. The van der Waals surface area contributed by atoms with E-state index in [4.69, 9.17) is 19.3 Å². The maximum atomic E-state index is 12.1. The van der Waals surface area contributed by atoms with Crippen molar-refractivity contribution in [2.75, 3.05) is 13.7 Å². The van der Waals surface area contributed by atoms with Crippen LogP contribution in [0.5, 0.6) is 11.5 Å². The molecule has 194 valence electrons. The van der Waals surface area contributed by atoms with Gasteiger partial charge in [-0.1, -0.05) is 49.2 Å². The summed E-state index contributed by atoms with van der Waals surface area (Å²) < 4.78 is 19.2. The second-order valence-corrected chi connectivity index (χ2v) is 9.44. The van der Waals surface area contributed by atoms with Crippen molar-refractivity contribution in [2.45, 2.75) is 51.7 Å². The molecule has 1 fully saturated rings. The minimum atomic E-state index is -0.280. The standard InChI is InChI=1S/C31H31N3O4/c1-3-37-30(35)18-22-9-4-7-14-29(22)38-20-27-26-17-21(25-13-8-10-23(19-32)31(25)36-2)15-16-28(26)34(33-27)24-11-5-6-12-24/h4,7-10,13-17,24H,3,5-6,11-12,18,20H2,1-2H3. The molecule has 1 saturated carbocycles. The van der Waals surface area contributed by atoms with E-state index in [1.54, 1.807) is 20.1 Å². The lowest BCUT2D eigenvalue weighted by atomic mass is 9.99. The molecule has 0 N–H and O–H groups in total. The van der Waals surface area contributed by atoms with Gasteiger partial charge < -0.3 is 14.2 Å². The van der Waals surface area contributed by atoms with Gasteiger partial charge in [-0.2, -0.15) is 10.4 Å². The first-order valence-electron chi connectivity index (χ1n) is 13.1. The van der Waals surface area contributed by atoms with Crippen LogP contribution < -0.4 is 9.47 Å². The molecule has 0 spiro atoms. The Balaban J connectivity index is 1.53. The molecule has 0 radical (unpaired) electrons. The normalized spacial score (nSPS) is 13.4. The number of nitrogens with zero attached hydrogens (tertiary/aromatic N) is 3.